The summed E-state index contributed by atoms with van der Waals surface area (Å²) in [5, 5.41) is 2.87. The largest absolute Gasteiger partial charge is 0.492 e. The zero-order valence-corrected chi connectivity index (χ0v) is 14.9. The van der Waals surface area contributed by atoms with Gasteiger partial charge in [-0.15, -0.1) is 0 Å². The maximum Gasteiger partial charge on any atom is 0.253 e. The van der Waals surface area contributed by atoms with Gasteiger partial charge in [-0.05, 0) is 44.5 Å². The van der Waals surface area contributed by atoms with Crippen molar-refractivity contribution in [3.05, 3.63) is 23.8 Å². The van der Waals surface area contributed by atoms with Crippen molar-refractivity contribution in [2.45, 2.75) is 39.0 Å². The van der Waals surface area contributed by atoms with Gasteiger partial charge in [0, 0.05) is 26.1 Å². The van der Waals surface area contributed by atoms with Gasteiger partial charge in [0.25, 0.3) is 5.91 Å². The van der Waals surface area contributed by atoms with Crippen LogP contribution in [-0.2, 0) is 4.79 Å². The van der Waals surface area contributed by atoms with Gasteiger partial charge < -0.3 is 20.7 Å². The minimum Gasteiger partial charge on any atom is -0.492 e. The predicted molar refractivity (Wildman–Crippen MR) is 96.4 cm³/mol. The highest BCUT2D eigenvalue weighted by atomic mass is 16.5. The van der Waals surface area contributed by atoms with Crippen LogP contribution in [0.25, 0.3) is 0 Å². The summed E-state index contributed by atoms with van der Waals surface area (Å²) in [6.07, 6.45) is 4.35. The zero-order valence-electron chi connectivity index (χ0n) is 14.9. The van der Waals surface area contributed by atoms with Crippen LogP contribution in [0.5, 0.6) is 5.75 Å². The van der Waals surface area contributed by atoms with Crippen LogP contribution < -0.4 is 15.8 Å². The number of anilines is 1. The van der Waals surface area contributed by atoms with Crippen LogP contribution in [0.2, 0.25) is 0 Å². The molecule has 3 N–H and O–H groups in total. The second-order valence-corrected chi connectivity index (χ2v) is 5.84. The second-order valence-electron chi connectivity index (χ2n) is 5.84. The Kier molecular flexibility index (Phi) is 8.86. The minimum absolute atomic E-state index is 0.0459. The number of carbonyl (C=O) groups excluding carboxylic acids is 2. The molecule has 0 aliphatic heterocycles. The van der Waals surface area contributed by atoms with E-state index >= 15 is 0 Å². The Balaban J connectivity index is 2.69. The smallest absolute Gasteiger partial charge is 0.253 e. The van der Waals surface area contributed by atoms with Gasteiger partial charge in [0.05, 0.1) is 12.3 Å². The summed E-state index contributed by atoms with van der Waals surface area (Å²) >= 11 is 0. The lowest BCUT2D eigenvalue weighted by Crippen LogP contribution is -2.22. The Bertz CT molecular complexity index is 544. The number of hydrogen-bond donors (Lipinski definition) is 2. The quantitative estimate of drug-likeness (QED) is 0.644. The SMILES string of the molecule is CCOc1cc(C(=O)N(C)C)ccc1NC(=O)CCCCCCN. The lowest BCUT2D eigenvalue weighted by molar-refractivity contribution is -0.116. The number of hydrogen-bond acceptors (Lipinski definition) is 4. The first-order chi connectivity index (χ1) is 11.5. The Morgan fingerprint density at radius 1 is 1.17 bits per heavy atom. The van der Waals surface area contributed by atoms with Crippen molar-refractivity contribution in [1.82, 2.24) is 4.90 Å². The number of nitrogens with one attached hydrogen (secondary N) is 1. The summed E-state index contributed by atoms with van der Waals surface area (Å²) in [5.74, 6) is 0.366. The second kappa shape index (κ2) is 10.6. The molecule has 2 amide bonds. The van der Waals surface area contributed by atoms with E-state index in [1.807, 2.05) is 6.92 Å². The number of ether oxygens (including phenoxy) is 1. The molecule has 0 radical (unpaired) electrons. The highest BCUT2D eigenvalue weighted by molar-refractivity contribution is 5.97. The maximum atomic E-state index is 12.1. The van der Waals surface area contributed by atoms with Crippen LogP contribution in [0.4, 0.5) is 5.69 Å². The van der Waals surface area contributed by atoms with Crippen molar-refractivity contribution in [3.63, 3.8) is 0 Å². The number of unbranched alkanes of at least 4 members (excludes halogenated alkanes) is 3. The third-order valence-electron chi connectivity index (χ3n) is 3.57. The van der Waals surface area contributed by atoms with Gasteiger partial charge in [-0.25, -0.2) is 0 Å². The van der Waals surface area contributed by atoms with E-state index in [1.54, 1.807) is 32.3 Å². The van der Waals surface area contributed by atoms with Crippen molar-refractivity contribution in [2.75, 3.05) is 32.6 Å². The molecular formula is C18H29N3O3. The highest BCUT2D eigenvalue weighted by Crippen LogP contribution is 2.27. The molecular weight excluding hydrogens is 306 g/mol. The Morgan fingerprint density at radius 3 is 2.50 bits per heavy atom. The van der Waals surface area contributed by atoms with Crippen molar-refractivity contribution >= 4 is 17.5 Å². The molecule has 0 fully saturated rings. The van der Waals surface area contributed by atoms with Crippen molar-refractivity contribution in [2.24, 2.45) is 5.73 Å². The lowest BCUT2D eigenvalue weighted by atomic mass is 10.1. The number of rotatable bonds is 10. The van der Waals surface area contributed by atoms with Gasteiger partial charge in [0.15, 0.2) is 0 Å². The standard InChI is InChI=1S/C18H29N3O3/c1-4-24-16-13-14(18(23)21(2)3)10-11-15(16)20-17(22)9-7-5-6-8-12-19/h10-11,13H,4-9,12,19H2,1-3H3,(H,20,22). The fourth-order valence-corrected chi connectivity index (χ4v) is 2.29. The molecule has 0 spiro atoms. The molecule has 0 atom stereocenters. The predicted octanol–water partition coefficient (Wildman–Crippen LogP) is 2.63. The van der Waals surface area contributed by atoms with E-state index in [9.17, 15) is 9.59 Å². The highest BCUT2D eigenvalue weighted by Gasteiger charge is 2.13. The average Bonchev–Trinajstić information content (AvgIpc) is 2.55. The van der Waals surface area contributed by atoms with Gasteiger partial charge in [-0.3, -0.25) is 9.59 Å². The van der Waals surface area contributed by atoms with Crippen LogP contribution in [0.15, 0.2) is 18.2 Å². The molecule has 0 saturated heterocycles. The van der Waals surface area contributed by atoms with E-state index in [-0.39, 0.29) is 11.8 Å². The summed E-state index contributed by atoms with van der Waals surface area (Å²) in [5.41, 5.74) is 6.58. The Morgan fingerprint density at radius 2 is 1.88 bits per heavy atom. The van der Waals surface area contributed by atoms with Crippen LogP contribution in [0, 0.1) is 0 Å². The number of nitrogens with two attached hydrogens (primary N) is 1. The van der Waals surface area contributed by atoms with E-state index in [4.69, 9.17) is 10.5 Å². The molecule has 0 unspecified atom stereocenters. The monoisotopic (exact) mass is 335 g/mol. The number of carbonyl (C=O) groups is 2. The third-order valence-corrected chi connectivity index (χ3v) is 3.57. The maximum absolute atomic E-state index is 12.1. The molecule has 0 aromatic heterocycles. The molecule has 0 heterocycles. The molecule has 1 aromatic carbocycles. The van der Waals surface area contributed by atoms with Crippen LogP contribution in [-0.4, -0.2) is 44.0 Å². The van der Waals surface area contributed by atoms with Crippen molar-refractivity contribution in [1.29, 1.82) is 0 Å². The van der Waals surface area contributed by atoms with Gasteiger partial charge in [-0.1, -0.05) is 12.8 Å². The number of amides is 2. The van der Waals surface area contributed by atoms with Gasteiger partial charge in [0.2, 0.25) is 5.91 Å². The number of nitrogens with zero attached hydrogens (tertiary/aromatic N) is 1. The molecule has 1 aromatic rings. The van der Waals surface area contributed by atoms with E-state index in [0.29, 0.717) is 36.6 Å². The summed E-state index contributed by atoms with van der Waals surface area (Å²) < 4.78 is 5.57. The van der Waals surface area contributed by atoms with Crippen molar-refractivity contribution < 1.29 is 14.3 Å². The van der Waals surface area contributed by atoms with E-state index in [2.05, 4.69) is 5.32 Å². The molecule has 0 bridgehead atoms. The fraction of sp³-hybridized carbons (Fsp3) is 0.556. The minimum atomic E-state index is -0.103. The van der Waals surface area contributed by atoms with Crippen LogP contribution in [0.1, 0.15) is 49.4 Å². The molecule has 1 rings (SSSR count). The molecule has 0 aliphatic carbocycles. The lowest BCUT2D eigenvalue weighted by Gasteiger charge is -2.15. The third kappa shape index (κ3) is 6.58. The van der Waals surface area contributed by atoms with Gasteiger partial charge in [-0.2, -0.15) is 0 Å². The first kappa shape index (κ1) is 20.0. The molecule has 6 heteroatoms. The average molecular weight is 335 g/mol. The van der Waals surface area contributed by atoms with E-state index < -0.39 is 0 Å². The first-order valence-corrected chi connectivity index (χ1v) is 8.48. The van der Waals surface area contributed by atoms with E-state index in [1.165, 1.54) is 4.90 Å². The Hall–Kier alpha value is -2.08. The molecule has 0 aliphatic rings. The van der Waals surface area contributed by atoms with Crippen LogP contribution in [0.3, 0.4) is 0 Å². The molecule has 24 heavy (non-hydrogen) atoms. The summed E-state index contributed by atoms with van der Waals surface area (Å²) in [7, 11) is 3.39. The van der Waals surface area contributed by atoms with E-state index in [0.717, 1.165) is 25.7 Å². The Labute approximate surface area is 144 Å². The number of benzene rings is 1. The van der Waals surface area contributed by atoms with Crippen molar-refractivity contribution in [3.8, 4) is 5.75 Å². The zero-order chi connectivity index (χ0) is 17.9. The summed E-state index contributed by atoms with van der Waals surface area (Å²) in [6.45, 7) is 3.02. The normalized spacial score (nSPS) is 10.3. The topological polar surface area (TPSA) is 84.7 Å². The summed E-state index contributed by atoms with van der Waals surface area (Å²) in [6, 6.07) is 5.08. The van der Waals surface area contributed by atoms with Gasteiger partial charge in [0.1, 0.15) is 5.75 Å². The van der Waals surface area contributed by atoms with Crippen LogP contribution >= 0.6 is 0 Å². The molecule has 0 saturated carbocycles. The molecule has 6 nitrogen and oxygen atoms in total. The molecule has 134 valence electrons. The van der Waals surface area contributed by atoms with Gasteiger partial charge >= 0.3 is 0 Å². The first-order valence-electron chi connectivity index (χ1n) is 8.48. The summed E-state index contributed by atoms with van der Waals surface area (Å²) in [4.78, 5) is 25.6. The fourth-order valence-electron chi connectivity index (χ4n) is 2.29.